The van der Waals surface area contributed by atoms with Crippen LogP contribution in [-0.4, -0.2) is 19.7 Å². The second-order valence-corrected chi connectivity index (χ2v) is 5.29. The fourth-order valence-corrected chi connectivity index (χ4v) is 2.60. The van der Waals surface area contributed by atoms with Crippen molar-refractivity contribution in [3.63, 3.8) is 0 Å². The highest BCUT2D eigenvalue weighted by Gasteiger charge is 2.05. The zero-order valence-electron chi connectivity index (χ0n) is 9.59. The van der Waals surface area contributed by atoms with Gasteiger partial charge in [0, 0.05) is 12.1 Å². The maximum absolute atomic E-state index is 5.93. The lowest BCUT2D eigenvalue weighted by atomic mass is 10.3. The van der Waals surface area contributed by atoms with E-state index in [4.69, 9.17) is 11.6 Å². The Hall–Kier alpha value is -1.66. The van der Waals surface area contributed by atoms with E-state index in [0.29, 0.717) is 11.6 Å². The predicted octanol–water partition coefficient (Wildman–Crippen LogP) is 2.69. The zero-order valence-corrected chi connectivity index (χ0v) is 11.2. The molecule has 0 spiro atoms. The molecular weight excluding hydrogens is 270 g/mol. The van der Waals surface area contributed by atoms with Crippen LogP contribution in [0.4, 0.5) is 5.13 Å². The molecule has 0 atom stereocenters. The minimum Gasteiger partial charge on any atom is -0.354 e. The van der Waals surface area contributed by atoms with Gasteiger partial charge in [-0.15, -0.1) is 0 Å². The summed E-state index contributed by atoms with van der Waals surface area (Å²) in [5.41, 5.74) is 0.906. The molecule has 0 aliphatic carbocycles. The van der Waals surface area contributed by atoms with Gasteiger partial charge in [0.2, 0.25) is 0 Å². The van der Waals surface area contributed by atoms with Crippen molar-refractivity contribution in [2.24, 2.45) is 7.05 Å². The Morgan fingerprint density at radius 3 is 3.11 bits per heavy atom. The molecule has 0 aliphatic rings. The number of aryl methyl sites for hydroxylation is 1. The lowest BCUT2D eigenvalue weighted by molar-refractivity contribution is 0.747. The summed E-state index contributed by atoms with van der Waals surface area (Å²) in [5.74, 6) is 0.745. The van der Waals surface area contributed by atoms with Crippen molar-refractivity contribution in [1.82, 2.24) is 19.7 Å². The van der Waals surface area contributed by atoms with Gasteiger partial charge in [0.25, 0.3) is 0 Å². The number of thiazole rings is 1. The van der Waals surface area contributed by atoms with E-state index in [-0.39, 0.29) is 0 Å². The number of halogens is 1. The molecule has 0 saturated carbocycles. The monoisotopic (exact) mass is 279 g/mol. The molecule has 0 radical (unpaired) electrons. The molecule has 7 heteroatoms. The maximum Gasteiger partial charge on any atom is 0.184 e. The van der Waals surface area contributed by atoms with Crippen molar-refractivity contribution in [2.45, 2.75) is 6.54 Å². The fraction of sp³-hybridized carbons (Fsp3) is 0.182. The molecule has 0 saturated heterocycles. The van der Waals surface area contributed by atoms with Gasteiger partial charge in [0.15, 0.2) is 11.0 Å². The van der Waals surface area contributed by atoms with Gasteiger partial charge in [0.05, 0.1) is 16.8 Å². The molecule has 2 heterocycles. The molecule has 0 aliphatic heterocycles. The van der Waals surface area contributed by atoms with Crippen LogP contribution in [0.1, 0.15) is 5.82 Å². The van der Waals surface area contributed by atoms with Crippen LogP contribution in [0.25, 0.3) is 10.2 Å². The van der Waals surface area contributed by atoms with Gasteiger partial charge in [-0.25, -0.2) is 9.97 Å². The van der Waals surface area contributed by atoms with E-state index in [1.54, 1.807) is 22.3 Å². The summed E-state index contributed by atoms with van der Waals surface area (Å²) >= 11 is 7.51. The summed E-state index contributed by atoms with van der Waals surface area (Å²) < 4.78 is 2.78. The van der Waals surface area contributed by atoms with Crippen LogP contribution in [0.3, 0.4) is 0 Å². The normalized spacial score (nSPS) is 11.0. The SMILES string of the molecule is Cn1cnc(CNc2nc3cc(Cl)ccc3s2)n1. The van der Waals surface area contributed by atoms with Crippen LogP contribution in [0, 0.1) is 0 Å². The minimum atomic E-state index is 0.564. The average molecular weight is 280 g/mol. The average Bonchev–Trinajstić information content (AvgIpc) is 2.92. The molecule has 0 fully saturated rings. The Labute approximate surface area is 112 Å². The Kier molecular flexibility index (Phi) is 2.89. The topological polar surface area (TPSA) is 55.6 Å². The summed E-state index contributed by atoms with van der Waals surface area (Å²) in [6.07, 6.45) is 1.68. The zero-order chi connectivity index (χ0) is 12.5. The van der Waals surface area contributed by atoms with Crippen LogP contribution < -0.4 is 5.32 Å². The first-order valence-electron chi connectivity index (χ1n) is 5.35. The Balaban J connectivity index is 1.78. The van der Waals surface area contributed by atoms with Crippen LogP contribution in [0.5, 0.6) is 0 Å². The molecular formula is C11H10ClN5S. The second kappa shape index (κ2) is 4.55. The van der Waals surface area contributed by atoms with E-state index in [1.165, 1.54) is 0 Å². The Morgan fingerprint density at radius 1 is 1.44 bits per heavy atom. The largest absolute Gasteiger partial charge is 0.354 e. The van der Waals surface area contributed by atoms with Gasteiger partial charge in [-0.05, 0) is 18.2 Å². The van der Waals surface area contributed by atoms with Crippen molar-refractivity contribution < 1.29 is 0 Å². The van der Waals surface area contributed by atoms with E-state index in [0.717, 1.165) is 21.2 Å². The van der Waals surface area contributed by atoms with E-state index < -0.39 is 0 Å². The number of benzene rings is 1. The molecule has 18 heavy (non-hydrogen) atoms. The summed E-state index contributed by atoms with van der Waals surface area (Å²) in [6.45, 7) is 0.564. The van der Waals surface area contributed by atoms with E-state index in [2.05, 4.69) is 20.4 Å². The number of anilines is 1. The minimum absolute atomic E-state index is 0.564. The fourth-order valence-electron chi connectivity index (χ4n) is 1.60. The highest BCUT2D eigenvalue weighted by molar-refractivity contribution is 7.22. The van der Waals surface area contributed by atoms with Gasteiger partial charge in [0.1, 0.15) is 6.33 Å². The Bertz CT molecular complexity index is 690. The molecule has 3 rings (SSSR count). The standard InChI is InChI=1S/C11H10ClN5S/c1-17-6-14-10(16-17)5-13-11-15-8-4-7(12)2-3-9(8)18-11/h2-4,6H,5H2,1H3,(H,13,15). The smallest absolute Gasteiger partial charge is 0.184 e. The highest BCUT2D eigenvalue weighted by atomic mass is 35.5. The van der Waals surface area contributed by atoms with Gasteiger partial charge in [-0.2, -0.15) is 5.10 Å². The molecule has 0 bridgehead atoms. The first kappa shape index (κ1) is 11.4. The Morgan fingerprint density at radius 2 is 2.33 bits per heavy atom. The van der Waals surface area contributed by atoms with E-state index in [9.17, 15) is 0 Å². The molecule has 1 N–H and O–H groups in total. The number of fused-ring (bicyclic) bond motifs is 1. The van der Waals surface area contributed by atoms with Gasteiger partial charge >= 0.3 is 0 Å². The van der Waals surface area contributed by atoms with Crippen molar-refractivity contribution in [3.05, 3.63) is 35.4 Å². The third-order valence-corrected chi connectivity index (χ3v) is 3.62. The van der Waals surface area contributed by atoms with E-state index in [1.807, 2.05) is 25.2 Å². The highest BCUT2D eigenvalue weighted by Crippen LogP contribution is 2.28. The first-order chi connectivity index (χ1) is 8.70. The van der Waals surface area contributed by atoms with Crippen molar-refractivity contribution >= 4 is 38.3 Å². The summed E-state index contributed by atoms with van der Waals surface area (Å²) in [4.78, 5) is 8.60. The number of hydrogen-bond acceptors (Lipinski definition) is 5. The lowest BCUT2D eigenvalue weighted by Crippen LogP contribution is -2.01. The molecule has 3 aromatic rings. The summed E-state index contributed by atoms with van der Waals surface area (Å²) in [5, 5.41) is 8.95. The molecule has 0 amide bonds. The maximum atomic E-state index is 5.93. The predicted molar refractivity (Wildman–Crippen MR) is 73.0 cm³/mol. The third-order valence-electron chi connectivity index (χ3n) is 2.39. The quantitative estimate of drug-likeness (QED) is 0.801. The number of aromatic nitrogens is 4. The summed E-state index contributed by atoms with van der Waals surface area (Å²) in [7, 11) is 1.84. The van der Waals surface area contributed by atoms with Crippen LogP contribution in [0.2, 0.25) is 5.02 Å². The molecule has 0 unspecified atom stereocenters. The van der Waals surface area contributed by atoms with Crippen LogP contribution >= 0.6 is 22.9 Å². The number of hydrogen-bond donors (Lipinski definition) is 1. The van der Waals surface area contributed by atoms with Crippen molar-refractivity contribution in [1.29, 1.82) is 0 Å². The third kappa shape index (κ3) is 2.30. The second-order valence-electron chi connectivity index (χ2n) is 3.82. The first-order valence-corrected chi connectivity index (χ1v) is 6.54. The lowest BCUT2D eigenvalue weighted by Gasteiger charge is -1.96. The van der Waals surface area contributed by atoms with Crippen LogP contribution in [-0.2, 0) is 13.6 Å². The van der Waals surface area contributed by atoms with Crippen molar-refractivity contribution in [3.8, 4) is 0 Å². The molecule has 5 nitrogen and oxygen atoms in total. The van der Waals surface area contributed by atoms with E-state index >= 15 is 0 Å². The summed E-state index contributed by atoms with van der Waals surface area (Å²) in [6, 6.07) is 5.70. The molecule has 1 aromatic carbocycles. The molecule has 92 valence electrons. The number of rotatable bonds is 3. The van der Waals surface area contributed by atoms with Crippen molar-refractivity contribution in [2.75, 3.05) is 5.32 Å². The number of nitrogens with one attached hydrogen (secondary N) is 1. The number of nitrogens with zero attached hydrogens (tertiary/aromatic N) is 4. The molecule has 2 aromatic heterocycles. The van der Waals surface area contributed by atoms with Gasteiger partial charge in [-0.3, -0.25) is 4.68 Å². The van der Waals surface area contributed by atoms with Gasteiger partial charge in [-0.1, -0.05) is 22.9 Å². The van der Waals surface area contributed by atoms with Crippen LogP contribution in [0.15, 0.2) is 24.5 Å². The van der Waals surface area contributed by atoms with Gasteiger partial charge < -0.3 is 5.32 Å².